The maximum atomic E-state index is 13.2. The number of carbonyl (C=O) groups is 3. The van der Waals surface area contributed by atoms with Crippen molar-refractivity contribution in [2.45, 2.75) is 40.0 Å². The topological polar surface area (TPSA) is 92.7 Å². The highest BCUT2D eigenvalue weighted by molar-refractivity contribution is 7.17. The van der Waals surface area contributed by atoms with Crippen LogP contribution < -0.4 is 5.32 Å². The molecule has 1 aromatic carbocycles. The number of hydrogen-bond donors (Lipinski definition) is 2. The number of methoxy groups -OCH3 is 1. The Labute approximate surface area is 185 Å². The molecule has 0 aliphatic heterocycles. The molecular formula is C24H27NO5S. The first-order chi connectivity index (χ1) is 14.8. The molecule has 1 aliphatic rings. The molecule has 2 N–H and O–H groups in total. The first-order valence-electron chi connectivity index (χ1n) is 10.3. The molecule has 0 saturated heterocycles. The Morgan fingerprint density at radius 3 is 2.26 bits per heavy atom. The number of aliphatic carboxylic acids is 1. The highest BCUT2D eigenvalue weighted by atomic mass is 32.1. The van der Waals surface area contributed by atoms with Crippen LogP contribution in [0.3, 0.4) is 0 Å². The van der Waals surface area contributed by atoms with Crippen molar-refractivity contribution in [1.82, 2.24) is 0 Å². The van der Waals surface area contributed by atoms with Gasteiger partial charge in [0.05, 0.1) is 18.9 Å². The largest absolute Gasteiger partial charge is 0.481 e. The van der Waals surface area contributed by atoms with Crippen LogP contribution in [0.1, 0.15) is 48.8 Å². The van der Waals surface area contributed by atoms with Gasteiger partial charge >= 0.3 is 11.9 Å². The van der Waals surface area contributed by atoms with Crippen LogP contribution in [0.5, 0.6) is 0 Å². The molecule has 164 valence electrons. The molecule has 2 atom stereocenters. The Morgan fingerprint density at radius 1 is 1.10 bits per heavy atom. The molecule has 1 aromatic heterocycles. The number of nitrogens with one attached hydrogen (secondary N) is 1. The minimum atomic E-state index is -0.981. The molecule has 0 spiro atoms. The highest BCUT2D eigenvalue weighted by Crippen LogP contribution is 2.42. The van der Waals surface area contributed by atoms with Crippen molar-refractivity contribution in [3.05, 3.63) is 51.9 Å². The molecule has 1 heterocycles. The van der Waals surface area contributed by atoms with Gasteiger partial charge in [0.1, 0.15) is 10.6 Å². The zero-order valence-electron chi connectivity index (χ0n) is 18.2. The highest BCUT2D eigenvalue weighted by Gasteiger charge is 2.38. The number of ether oxygens (including phenoxy) is 1. The van der Waals surface area contributed by atoms with Gasteiger partial charge in [-0.3, -0.25) is 9.59 Å². The van der Waals surface area contributed by atoms with Gasteiger partial charge in [-0.25, -0.2) is 4.79 Å². The normalized spacial score (nSPS) is 18.6. The van der Waals surface area contributed by atoms with Crippen molar-refractivity contribution in [2.24, 2.45) is 11.8 Å². The molecular weight excluding hydrogens is 414 g/mol. The van der Waals surface area contributed by atoms with Crippen LogP contribution in [0, 0.1) is 11.8 Å². The Bertz CT molecular complexity index is 1040. The number of amides is 1. The molecule has 2 unspecified atom stereocenters. The Kier molecular flexibility index (Phi) is 6.95. The van der Waals surface area contributed by atoms with Crippen molar-refractivity contribution < 1.29 is 24.2 Å². The standard InChI is InChI=1S/C24H27NO5S/c1-5-18-19(15-9-7-6-8-10-15)20(24(29)30-4)22(31-18)25-21(26)16-11-13(2)14(3)12-17(16)23(27)28/h6-10,16-17H,5,11-12H2,1-4H3,(H,25,26)(H,27,28). The number of benzene rings is 1. The number of carboxylic acid groups (broad SMARTS) is 1. The van der Waals surface area contributed by atoms with E-state index in [4.69, 9.17) is 4.74 Å². The summed E-state index contributed by atoms with van der Waals surface area (Å²) in [6, 6.07) is 9.51. The third kappa shape index (κ3) is 4.56. The smallest absolute Gasteiger partial charge is 0.341 e. The first kappa shape index (κ1) is 22.7. The van der Waals surface area contributed by atoms with Crippen LogP contribution in [-0.4, -0.2) is 30.1 Å². The van der Waals surface area contributed by atoms with Gasteiger partial charge < -0.3 is 15.2 Å². The fourth-order valence-corrected chi connectivity index (χ4v) is 5.21. The summed E-state index contributed by atoms with van der Waals surface area (Å²) in [5.41, 5.74) is 3.99. The third-order valence-electron chi connectivity index (χ3n) is 5.91. The van der Waals surface area contributed by atoms with Crippen molar-refractivity contribution in [1.29, 1.82) is 0 Å². The molecule has 0 saturated carbocycles. The molecule has 1 amide bonds. The number of anilines is 1. The zero-order valence-corrected chi connectivity index (χ0v) is 19.0. The van der Waals surface area contributed by atoms with Crippen molar-refractivity contribution in [3.8, 4) is 11.1 Å². The summed E-state index contributed by atoms with van der Waals surface area (Å²) >= 11 is 1.34. The summed E-state index contributed by atoms with van der Waals surface area (Å²) in [7, 11) is 1.31. The summed E-state index contributed by atoms with van der Waals surface area (Å²) in [5, 5.41) is 12.9. The summed E-state index contributed by atoms with van der Waals surface area (Å²) in [4.78, 5) is 38.7. The number of hydrogen-bond acceptors (Lipinski definition) is 5. The Balaban J connectivity index is 2.03. The minimum Gasteiger partial charge on any atom is -0.481 e. The quantitative estimate of drug-likeness (QED) is 0.478. The Hall–Kier alpha value is -2.93. The predicted octanol–water partition coefficient (Wildman–Crippen LogP) is 5.15. The Morgan fingerprint density at radius 2 is 1.71 bits per heavy atom. The lowest BCUT2D eigenvalue weighted by Gasteiger charge is -2.29. The van der Waals surface area contributed by atoms with Gasteiger partial charge in [-0.15, -0.1) is 11.3 Å². The van der Waals surface area contributed by atoms with Gasteiger partial charge in [-0.2, -0.15) is 0 Å². The summed E-state index contributed by atoms with van der Waals surface area (Å²) in [5.74, 6) is -3.38. The third-order valence-corrected chi connectivity index (χ3v) is 7.16. The van der Waals surface area contributed by atoms with Crippen LogP contribution in [-0.2, 0) is 20.7 Å². The van der Waals surface area contributed by atoms with Gasteiger partial charge in [0.25, 0.3) is 0 Å². The van der Waals surface area contributed by atoms with Crippen LogP contribution in [0.15, 0.2) is 41.5 Å². The number of carboxylic acids is 1. The van der Waals surface area contributed by atoms with E-state index in [0.717, 1.165) is 27.2 Å². The monoisotopic (exact) mass is 441 g/mol. The van der Waals surface area contributed by atoms with Gasteiger partial charge in [0.15, 0.2) is 0 Å². The van der Waals surface area contributed by atoms with Crippen molar-refractivity contribution >= 4 is 34.2 Å². The second-order valence-corrected chi connectivity index (χ2v) is 8.93. The van der Waals surface area contributed by atoms with Gasteiger partial charge in [0, 0.05) is 10.4 Å². The van der Waals surface area contributed by atoms with E-state index in [1.165, 1.54) is 18.4 Å². The van der Waals surface area contributed by atoms with Crippen molar-refractivity contribution in [3.63, 3.8) is 0 Å². The second-order valence-electron chi connectivity index (χ2n) is 7.82. The van der Waals surface area contributed by atoms with Gasteiger partial charge in [-0.05, 0) is 38.7 Å². The number of thiophene rings is 1. The number of aryl methyl sites for hydroxylation is 1. The molecule has 0 radical (unpaired) electrons. The lowest BCUT2D eigenvalue weighted by molar-refractivity contribution is -0.146. The fourth-order valence-electron chi connectivity index (χ4n) is 4.05. The van der Waals surface area contributed by atoms with Crippen LogP contribution in [0.2, 0.25) is 0 Å². The molecule has 7 heteroatoms. The maximum Gasteiger partial charge on any atom is 0.341 e. The second kappa shape index (κ2) is 9.47. The molecule has 0 fully saturated rings. The van der Waals surface area contributed by atoms with E-state index in [1.807, 2.05) is 51.1 Å². The number of esters is 1. The molecule has 0 bridgehead atoms. The molecule has 3 rings (SSSR count). The van der Waals surface area contributed by atoms with Crippen LogP contribution in [0.4, 0.5) is 5.00 Å². The predicted molar refractivity (Wildman–Crippen MR) is 121 cm³/mol. The number of rotatable bonds is 6. The first-order valence-corrected chi connectivity index (χ1v) is 11.1. The number of allylic oxidation sites excluding steroid dienone is 2. The van der Waals surface area contributed by atoms with Crippen molar-refractivity contribution in [2.75, 3.05) is 12.4 Å². The van der Waals surface area contributed by atoms with E-state index in [-0.39, 0.29) is 5.91 Å². The summed E-state index contributed by atoms with van der Waals surface area (Å²) in [6.45, 7) is 5.83. The lowest BCUT2D eigenvalue weighted by Crippen LogP contribution is -2.36. The van der Waals surface area contributed by atoms with E-state index in [2.05, 4.69) is 5.32 Å². The average molecular weight is 442 g/mol. The molecule has 1 aliphatic carbocycles. The van der Waals surface area contributed by atoms with E-state index in [1.54, 1.807) is 0 Å². The maximum absolute atomic E-state index is 13.2. The van der Waals surface area contributed by atoms with E-state index < -0.39 is 23.8 Å². The van der Waals surface area contributed by atoms with E-state index >= 15 is 0 Å². The van der Waals surface area contributed by atoms with Crippen LogP contribution >= 0.6 is 11.3 Å². The van der Waals surface area contributed by atoms with Gasteiger partial charge in [0.2, 0.25) is 5.91 Å². The molecule has 31 heavy (non-hydrogen) atoms. The van der Waals surface area contributed by atoms with E-state index in [9.17, 15) is 19.5 Å². The number of carbonyl (C=O) groups excluding carboxylic acids is 2. The minimum absolute atomic E-state index is 0.315. The molecule has 6 nitrogen and oxygen atoms in total. The zero-order chi connectivity index (χ0) is 22.7. The lowest BCUT2D eigenvalue weighted by atomic mass is 9.76. The fraction of sp³-hybridized carbons (Fsp3) is 0.375. The molecule has 2 aromatic rings. The van der Waals surface area contributed by atoms with Gasteiger partial charge in [-0.1, -0.05) is 48.4 Å². The summed E-state index contributed by atoms with van der Waals surface area (Å²) in [6.07, 6.45) is 1.42. The van der Waals surface area contributed by atoms with Crippen LogP contribution in [0.25, 0.3) is 11.1 Å². The summed E-state index contributed by atoms with van der Waals surface area (Å²) < 4.78 is 5.03. The average Bonchev–Trinajstić information content (AvgIpc) is 3.13. The van der Waals surface area contributed by atoms with E-state index in [0.29, 0.717) is 29.8 Å². The SMILES string of the molecule is CCc1sc(NC(=O)C2CC(C)=C(C)CC2C(=O)O)c(C(=O)OC)c1-c1ccccc1.